The summed E-state index contributed by atoms with van der Waals surface area (Å²) >= 11 is 0. The number of carbonyl (C=O) groups excluding carboxylic acids is 17. The fourth-order valence-electron chi connectivity index (χ4n) is 13.9. The predicted molar refractivity (Wildman–Crippen MR) is 436 cm³/mol. The van der Waals surface area contributed by atoms with Gasteiger partial charge in [0, 0.05) is 52.2 Å². The van der Waals surface area contributed by atoms with Crippen LogP contribution in [0.25, 0.3) is 0 Å². The number of nitrogens with two attached hydrogens (primary N) is 1. The lowest BCUT2D eigenvalue weighted by atomic mass is 9.93. The maximum atomic E-state index is 14.8. The molecule has 37 heteroatoms. The Balaban J connectivity index is 1.19. The van der Waals surface area contributed by atoms with Gasteiger partial charge in [0.1, 0.15) is 80.6 Å². The molecule has 0 aliphatic carbocycles. The van der Waals surface area contributed by atoms with Crippen molar-refractivity contribution >= 4 is 100 Å². The molecule has 0 spiro atoms. The highest BCUT2D eigenvalue weighted by molar-refractivity contribution is 6.04. The zero-order valence-electron chi connectivity index (χ0n) is 72.1. The summed E-state index contributed by atoms with van der Waals surface area (Å²) in [5.41, 5.74) is -6.99. The normalized spacial score (nSPS) is 19.1. The molecule has 37 nitrogen and oxygen atoms in total. The molecule has 0 bridgehead atoms. The minimum atomic E-state index is -1.91. The first-order valence-electron chi connectivity index (χ1n) is 40.3. The van der Waals surface area contributed by atoms with Crippen molar-refractivity contribution in [2.45, 2.75) is 301 Å². The third-order valence-corrected chi connectivity index (χ3v) is 21.6. The molecule has 3 fully saturated rings. The molecule has 5 rings (SSSR count). The number of amides is 17. The van der Waals surface area contributed by atoms with E-state index < -0.39 is 225 Å². The van der Waals surface area contributed by atoms with Gasteiger partial charge in [0.05, 0.1) is 31.4 Å². The summed E-state index contributed by atoms with van der Waals surface area (Å²) in [6.45, 7) is 25.2. The standard InChI is InChI=1S/C82H127N17O20/c1-20-81(18,91-63(108)54(37-46(3)4)87-60(105)42-84-67(112)75(6,7)93-69(114)77(10,11)95-70(115)78(12,13)94-68(113)76(8,9)89-62(107)55(85-47(5)101)39-49-31-26-23-27-32-49)71(116)96-80(16,17)73(118)98-43-51(102)40-57(98)65(110)88-53(34-35-59(83)104)61(106)92-82(19,21-2)74(119)99-44-52(103)41-58(99)66(111)90-79(14,15)72(117)97-36-28-33-56(97)64(109)86-50(45-100)38-48-29-24-22-25-30-48/h22-27,29-32,46,50-58,100,102-103H,20-21,28,33-45H2,1-19H3,(H2,83,104)(H,84,112)(H,85,101)(H,86,109)(H,87,105)(H,88,110)(H,89,107)(H,90,111)(H,91,108)(H,92,106)(H,93,114)(H,94,113)(H,95,115)(H,96,116)/t50-,51+,52+,53-,54-,55-,56-,57-,58-,81-,82-/m0/s1. The smallest absolute Gasteiger partial charge is 0.248 e. The van der Waals surface area contributed by atoms with Crippen LogP contribution in [0.4, 0.5) is 0 Å². The molecule has 3 aliphatic heterocycles. The minimum absolute atomic E-state index is 0.0109. The number of primary amides is 1. The Labute approximate surface area is 695 Å². The topological polar surface area (TPSA) is 543 Å². The highest BCUT2D eigenvalue weighted by atomic mass is 16.3. The molecule has 3 aliphatic rings. The number of aliphatic hydroxyl groups excluding tert-OH is 3. The van der Waals surface area contributed by atoms with E-state index in [1.807, 2.05) is 30.3 Å². The van der Waals surface area contributed by atoms with Crippen LogP contribution >= 0.6 is 0 Å². The summed E-state index contributed by atoms with van der Waals surface area (Å²) in [4.78, 5) is 240. The second-order valence-electron chi connectivity index (χ2n) is 35.3. The summed E-state index contributed by atoms with van der Waals surface area (Å²) in [5, 5.41) is 66.3. The van der Waals surface area contributed by atoms with Gasteiger partial charge in [0.25, 0.3) is 0 Å². The predicted octanol–water partition coefficient (Wildman–Crippen LogP) is -2.30. The lowest BCUT2D eigenvalue weighted by molar-refractivity contribution is -0.149. The number of rotatable bonds is 40. The zero-order chi connectivity index (χ0) is 90.1. The number of carbonyl (C=O) groups is 17. The van der Waals surface area contributed by atoms with Gasteiger partial charge in [0.2, 0.25) is 100 Å². The fraction of sp³-hybridized carbons (Fsp3) is 0.646. The number of nitrogens with one attached hydrogen (secondary N) is 13. The Hall–Kier alpha value is -10.7. The molecule has 2 aromatic rings. The maximum Gasteiger partial charge on any atom is 0.248 e. The lowest BCUT2D eigenvalue weighted by Crippen LogP contribution is -2.68. The number of β-amino-alcohol motifs (C(OH)–C–C–N with tert-alkyl or cyclic N) is 2. The van der Waals surface area contributed by atoms with E-state index in [1.54, 1.807) is 58.0 Å². The van der Waals surface area contributed by atoms with Gasteiger partial charge in [-0.3, -0.25) is 81.5 Å². The first-order valence-corrected chi connectivity index (χ1v) is 40.3. The summed E-state index contributed by atoms with van der Waals surface area (Å²) in [6, 6.07) is 9.58. The van der Waals surface area contributed by atoms with Crippen molar-refractivity contribution in [1.82, 2.24) is 83.8 Å². The van der Waals surface area contributed by atoms with Crippen LogP contribution < -0.4 is 74.9 Å². The second kappa shape index (κ2) is 40.8. The van der Waals surface area contributed by atoms with Crippen molar-refractivity contribution in [2.75, 3.05) is 32.8 Å². The maximum absolute atomic E-state index is 14.8. The Morgan fingerprint density at radius 3 is 1.38 bits per heavy atom. The van der Waals surface area contributed by atoms with Gasteiger partial charge in [-0.25, -0.2) is 0 Å². The average Bonchev–Trinajstić information content (AvgIpc) is 1.66. The summed E-state index contributed by atoms with van der Waals surface area (Å²) in [5.74, 6) is -14.0. The van der Waals surface area contributed by atoms with Crippen molar-refractivity contribution in [3.05, 3.63) is 71.8 Å². The van der Waals surface area contributed by atoms with Gasteiger partial charge in [-0.2, -0.15) is 0 Å². The van der Waals surface area contributed by atoms with Gasteiger partial charge < -0.3 is 105 Å². The molecule has 2 aromatic carbocycles. The second-order valence-corrected chi connectivity index (χ2v) is 35.3. The van der Waals surface area contributed by atoms with Crippen LogP contribution in [0.15, 0.2) is 60.7 Å². The SMILES string of the molecule is CC[C@](C)(NC(=O)[C@H](CC(C)C)NC(=O)CNC(=O)C(C)(C)NC(=O)C(C)(C)NC(=O)C(C)(C)NC(=O)C(C)(C)NC(=O)[C@H](Cc1ccccc1)NC(C)=O)C(=O)NC(C)(C)C(=O)N1C[C@H](O)C[C@H]1C(=O)N[C@@H](CCC(N)=O)C(=O)N[C@@](C)(CC)C(=O)N1C[C@H](O)C[C@H]1C(=O)NC(C)(C)C(=O)N1CCC[C@H]1C(=O)N[C@H](CO)Cc1ccccc1. The van der Waals surface area contributed by atoms with Gasteiger partial charge in [-0.1, -0.05) is 88.4 Å². The van der Waals surface area contributed by atoms with E-state index in [0.29, 0.717) is 19.3 Å². The van der Waals surface area contributed by atoms with Crippen molar-refractivity contribution in [3.63, 3.8) is 0 Å². The van der Waals surface area contributed by atoms with Crippen LogP contribution in [0.5, 0.6) is 0 Å². The fourth-order valence-corrected chi connectivity index (χ4v) is 13.9. The molecule has 0 unspecified atom stereocenters. The van der Waals surface area contributed by atoms with Crippen LogP contribution in [-0.4, -0.2) is 262 Å². The van der Waals surface area contributed by atoms with E-state index in [9.17, 15) is 96.8 Å². The summed E-state index contributed by atoms with van der Waals surface area (Å²) < 4.78 is 0. The molecule has 0 aromatic heterocycles. The molecular formula is C82H127N17O20. The molecule has 3 saturated heterocycles. The Morgan fingerprint density at radius 2 is 0.891 bits per heavy atom. The van der Waals surface area contributed by atoms with E-state index in [4.69, 9.17) is 5.73 Å². The Kier molecular flexibility index (Phi) is 33.9. The van der Waals surface area contributed by atoms with Crippen LogP contribution in [0.1, 0.15) is 200 Å². The molecule has 3 heterocycles. The molecule has 11 atom stereocenters. The third-order valence-electron chi connectivity index (χ3n) is 21.6. The van der Waals surface area contributed by atoms with Crippen LogP contribution in [0, 0.1) is 5.92 Å². The number of hydrogen-bond donors (Lipinski definition) is 17. The zero-order valence-corrected chi connectivity index (χ0v) is 72.1. The van der Waals surface area contributed by atoms with E-state index in [1.165, 1.54) is 109 Å². The summed E-state index contributed by atoms with van der Waals surface area (Å²) in [6.07, 6.45) is -3.16. The monoisotopic (exact) mass is 1670 g/mol. The quantitative estimate of drug-likeness (QED) is 0.0334. The number of hydrogen-bond acceptors (Lipinski definition) is 20. The molecule has 660 valence electrons. The highest BCUT2D eigenvalue weighted by Gasteiger charge is 2.52. The summed E-state index contributed by atoms with van der Waals surface area (Å²) in [7, 11) is 0. The molecule has 119 heavy (non-hydrogen) atoms. The van der Waals surface area contributed by atoms with Crippen LogP contribution in [-0.2, 0) is 94.3 Å². The van der Waals surface area contributed by atoms with Crippen LogP contribution in [0.3, 0.4) is 0 Å². The number of likely N-dealkylation sites (tertiary alicyclic amines) is 3. The minimum Gasteiger partial charge on any atom is -0.394 e. The van der Waals surface area contributed by atoms with Crippen molar-refractivity contribution < 1.29 is 96.8 Å². The largest absolute Gasteiger partial charge is 0.394 e. The number of benzene rings is 2. The molecule has 0 saturated carbocycles. The van der Waals surface area contributed by atoms with Gasteiger partial charge in [-0.05, 0) is 159 Å². The Morgan fingerprint density at radius 1 is 0.462 bits per heavy atom. The Bertz CT molecular complexity index is 4080. The number of nitrogens with zero attached hydrogens (tertiary/aromatic N) is 3. The molecule has 0 radical (unpaired) electrons. The molecule has 18 N–H and O–H groups in total. The van der Waals surface area contributed by atoms with E-state index in [0.717, 1.165) is 20.9 Å². The van der Waals surface area contributed by atoms with E-state index >= 15 is 0 Å². The third kappa shape index (κ3) is 27.2. The first kappa shape index (κ1) is 98.9. The van der Waals surface area contributed by atoms with Crippen molar-refractivity contribution in [1.29, 1.82) is 0 Å². The van der Waals surface area contributed by atoms with E-state index in [2.05, 4.69) is 69.1 Å². The highest BCUT2D eigenvalue weighted by Crippen LogP contribution is 2.29. The lowest BCUT2D eigenvalue weighted by Gasteiger charge is -2.38. The van der Waals surface area contributed by atoms with Gasteiger partial charge in [-0.15, -0.1) is 0 Å². The molecular weight excluding hydrogens is 1540 g/mol. The van der Waals surface area contributed by atoms with Crippen molar-refractivity contribution in [2.24, 2.45) is 11.7 Å². The van der Waals surface area contributed by atoms with E-state index in [-0.39, 0.29) is 64.1 Å². The average molecular weight is 1670 g/mol. The molecule has 17 amide bonds. The van der Waals surface area contributed by atoms with Gasteiger partial charge >= 0.3 is 0 Å². The van der Waals surface area contributed by atoms with Gasteiger partial charge in [0.15, 0.2) is 0 Å². The first-order chi connectivity index (χ1) is 55.0. The number of aliphatic hydroxyl groups is 3. The van der Waals surface area contributed by atoms with Crippen LogP contribution in [0.2, 0.25) is 0 Å². The van der Waals surface area contributed by atoms with Crippen molar-refractivity contribution in [3.8, 4) is 0 Å².